The van der Waals surface area contributed by atoms with E-state index in [1.807, 2.05) is 0 Å². The van der Waals surface area contributed by atoms with Crippen LogP contribution in [0.1, 0.15) is 0 Å². The fourth-order valence-corrected chi connectivity index (χ4v) is 0. The van der Waals surface area contributed by atoms with Crippen LogP contribution in [0.15, 0.2) is 0 Å². The molecule has 0 radical (unpaired) electrons. The maximum absolute atomic E-state index is 9.75. The average Bonchev–Trinajstić information content (AvgIpc) is 0.722. The third-order valence-corrected chi connectivity index (χ3v) is 0. The number of hydrogen-bond acceptors (Lipinski definition) is 0. The van der Waals surface area contributed by atoms with Crippen molar-refractivity contribution >= 4 is 19.7 Å². The molecule has 0 saturated heterocycles. The second-order valence-corrected chi connectivity index (χ2v) is 0.495. The van der Waals surface area contributed by atoms with Crippen LogP contribution >= 0.6 is 12.4 Å². The van der Waals surface area contributed by atoms with E-state index in [9.17, 15) is 17.3 Å². The summed E-state index contributed by atoms with van der Waals surface area (Å²) in [5, 5.41) is 0. The first-order valence-electron chi connectivity index (χ1n) is 0.873. The molecule has 0 saturated carbocycles. The molecule has 7 heteroatoms. The van der Waals surface area contributed by atoms with Crippen molar-refractivity contribution in [3.8, 4) is 0 Å². The van der Waals surface area contributed by atoms with Gasteiger partial charge in [-0.05, 0) is 0 Å². The maximum Gasteiger partial charge on any atom is 0.673 e. The van der Waals surface area contributed by atoms with Crippen LogP contribution in [-0.2, 0) is 17.1 Å². The van der Waals surface area contributed by atoms with E-state index in [0.717, 1.165) is 0 Å². The fourth-order valence-electron chi connectivity index (χ4n) is 0. The minimum Gasteiger partial charge on any atom is -0.418 e. The van der Waals surface area contributed by atoms with Crippen molar-refractivity contribution in [2.45, 2.75) is 0 Å². The van der Waals surface area contributed by atoms with E-state index in [4.69, 9.17) is 0 Å². The quantitative estimate of drug-likeness (QED) is 0.392. The van der Waals surface area contributed by atoms with Gasteiger partial charge in [-0.3, -0.25) is 0 Å². The molecule has 0 nitrogen and oxygen atoms in total. The first-order valence-corrected chi connectivity index (χ1v) is 0.873. The van der Waals surface area contributed by atoms with Crippen LogP contribution in [0.2, 0.25) is 0 Å². The Bertz CT molecular complexity index is 27.2. The van der Waals surface area contributed by atoms with Crippen LogP contribution in [0.25, 0.3) is 0 Å². The summed E-state index contributed by atoms with van der Waals surface area (Å²) in [5.74, 6) is 0. The molecule has 0 bridgehead atoms. The van der Waals surface area contributed by atoms with Crippen molar-refractivity contribution < 1.29 is 34.3 Å². The van der Waals surface area contributed by atoms with Crippen molar-refractivity contribution in [1.29, 1.82) is 0 Å². The molecule has 0 rings (SSSR count). The minimum atomic E-state index is -6.00. The first-order chi connectivity index (χ1) is 2.00. The molecule has 48 valence electrons. The Morgan fingerprint density at radius 2 is 0.857 bits per heavy atom. The summed E-state index contributed by atoms with van der Waals surface area (Å²) < 4.78 is 39.0. The van der Waals surface area contributed by atoms with Crippen molar-refractivity contribution in [2.24, 2.45) is 0 Å². The predicted octanol–water partition coefficient (Wildman–Crippen LogP) is 1.72. The number of rotatable bonds is 0. The topological polar surface area (TPSA) is 0 Å². The van der Waals surface area contributed by atoms with E-state index in [1.165, 1.54) is 0 Å². The third kappa shape index (κ3) is 394. The Morgan fingerprint density at radius 1 is 0.857 bits per heavy atom. The predicted molar refractivity (Wildman–Crippen MR) is 17.4 cm³/mol. The molecular weight excluding hydrogens is 178 g/mol. The molecule has 0 aliphatic rings. The molecule has 0 amide bonds. The summed E-state index contributed by atoms with van der Waals surface area (Å²) in [4.78, 5) is 0. The first kappa shape index (κ1) is 15.6. The van der Waals surface area contributed by atoms with Gasteiger partial charge in [-0.25, -0.2) is 0 Å². The number of halogens is 5. The molecule has 0 atom stereocenters. The standard InChI is InChI=1S/BF4.ClH.Fe/c2-1(3,4)5;;/h;1H;/q-1;;. The Morgan fingerprint density at radius 3 is 0.857 bits per heavy atom. The monoisotopic (exact) mass is 179 g/mol. The SMILES string of the molecule is Cl.F[B-](F)(F)F.[Fe]. The van der Waals surface area contributed by atoms with Gasteiger partial charge >= 0.3 is 7.25 Å². The van der Waals surface area contributed by atoms with Crippen molar-refractivity contribution in [3.63, 3.8) is 0 Å². The Hall–Kier alpha value is 0.594. The van der Waals surface area contributed by atoms with E-state index >= 15 is 0 Å². The zero-order valence-corrected chi connectivity index (χ0v) is 4.77. The van der Waals surface area contributed by atoms with Gasteiger partial charge in [0.1, 0.15) is 0 Å². The van der Waals surface area contributed by atoms with Crippen molar-refractivity contribution in [1.82, 2.24) is 0 Å². The molecule has 0 aliphatic carbocycles. The largest absolute Gasteiger partial charge is 0.673 e. The van der Waals surface area contributed by atoms with Crippen LogP contribution < -0.4 is 0 Å². The molecule has 0 spiro atoms. The van der Waals surface area contributed by atoms with Crippen LogP contribution in [0, 0.1) is 0 Å². The molecule has 0 aliphatic heterocycles. The smallest absolute Gasteiger partial charge is 0.418 e. The van der Waals surface area contributed by atoms with Crippen LogP contribution in [0.5, 0.6) is 0 Å². The van der Waals surface area contributed by atoms with E-state index in [2.05, 4.69) is 0 Å². The molecule has 0 aromatic carbocycles. The molecule has 0 unspecified atom stereocenters. The van der Waals surface area contributed by atoms with Gasteiger partial charge in [-0.2, -0.15) is 0 Å². The summed E-state index contributed by atoms with van der Waals surface area (Å²) in [5.41, 5.74) is 0. The van der Waals surface area contributed by atoms with Gasteiger partial charge in [0.25, 0.3) is 0 Å². The molecule has 0 fully saturated rings. The molecule has 0 aromatic rings. The Balaban J connectivity index is -0.0000000800. The maximum atomic E-state index is 9.75. The summed E-state index contributed by atoms with van der Waals surface area (Å²) in [6.07, 6.45) is 0. The zero-order chi connectivity index (χ0) is 4.50. The summed E-state index contributed by atoms with van der Waals surface area (Å²) in [6.45, 7) is 0. The molecule has 0 N–H and O–H groups in total. The second kappa shape index (κ2) is 4.75. The molecule has 0 aromatic heterocycles. The zero-order valence-electron chi connectivity index (χ0n) is 2.85. The van der Waals surface area contributed by atoms with Gasteiger partial charge in [-0.1, -0.05) is 0 Å². The van der Waals surface area contributed by atoms with Crippen LogP contribution in [0.4, 0.5) is 17.3 Å². The van der Waals surface area contributed by atoms with Crippen LogP contribution in [0.3, 0.4) is 0 Å². The van der Waals surface area contributed by atoms with Crippen molar-refractivity contribution in [2.75, 3.05) is 0 Å². The van der Waals surface area contributed by atoms with E-state index < -0.39 is 7.25 Å². The van der Waals surface area contributed by atoms with Gasteiger partial charge in [0.2, 0.25) is 0 Å². The van der Waals surface area contributed by atoms with Crippen LogP contribution in [-0.4, -0.2) is 7.25 Å². The summed E-state index contributed by atoms with van der Waals surface area (Å²) in [7, 11) is -6.00. The Labute approximate surface area is 54.6 Å². The van der Waals surface area contributed by atoms with Crippen molar-refractivity contribution in [3.05, 3.63) is 0 Å². The molecule has 7 heavy (non-hydrogen) atoms. The van der Waals surface area contributed by atoms with Gasteiger partial charge in [-0.15, -0.1) is 12.4 Å². The third-order valence-electron chi connectivity index (χ3n) is 0. The van der Waals surface area contributed by atoms with E-state index in [-0.39, 0.29) is 29.5 Å². The van der Waals surface area contributed by atoms with Gasteiger partial charge in [0, 0.05) is 17.1 Å². The van der Waals surface area contributed by atoms with E-state index in [0.29, 0.717) is 0 Å². The molecule has 0 heterocycles. The number of hydrogen-bond donors (Lipinski definition) is 0. The van der Waals surface area contributed by atoms with Gasteiger partial charge in [0.15, 0.2) is 0 Å². The van der Waals surface area contributed by atoms with Gasteiger partial charge < -0.3 is 17.3 Å². The second-order valence-electron chi connectivity index (χ2n) is 0.495. The minimum absolute atomic E-state index is 0. The summed E-state index contributed by atoms with van der Waals surface area (Å²) >= 11 is 0. The average molecular weight is 179 g/mol. The van der Waals surface area contributed by atoms with E-state index in [1.54, 1.807) is 0 Å². The van der Waals surface area contributed by atoms with Gasteiger partial charge in [0.05, 0.1) is 0 Å². The summed E-state index contributed by atoms with van der Waals surface area (Å²) in [6, 6.07) is 0. The molecular formula is HBClF4Fe-. The Kier molecular flexibility index (Phi) is 10.6. The fraction of sp³-hybridized carbons (Fsp3) is 0. The normalized spacial score (nSPS) is 8.57.